The molecule has 1 aromatic heterocycles. The molecule has 0 amide bonds. The summed E-state index contributed by atoms with van der Waals surface area (Å²) in [4.78, 5) is 11.2. The molecule has 0 bridgehead atoms. The quantitative estimate of drug-likeness (QED) is 0.700. The number of piperazine rings is 1. The van der Waals surface area contributed by atoms with E-state index in [0.717, 1.165) is 30.8 Å². The first-order valence-electron chi connectivity index (χ1n) is 11.0. The zero-order valence-electron chi connectivity index (χ0n) is 17.7. The number of rotatable bonds is 5. The Morgan fingerprint density at radius 3 is 2.60 bits per heavy atom. The van der Waals surface area contributed by atoms with Crippen molar-refractivity contribution >= 4 is 15.8 Å². The fourth-order valence-corrected chi connectivity index (χ4v) is 5.89. The number of anilines is 1. The van der Waals surface area contributed by atoms with Crippen molar-refractivity contribution in [1.82, 2.24) is 25.1 Å². The van der Waals surface area contributed by atoms with Crippen LogP contribution in [-0.4, -0.2) is 72.9 Å². The van der Waals surface area contributed by atoms with Crippen LogP contribution in [0.15, 0.2) is 12.4 Å². The molecule has 0 radical (unpaired) electrons. The molecule has 10 heteroatoms. The lowest BCUT2D eigenvalue weighted by molar-refractivity contribution is -0.0500. The van der Waals surface area contributed by atoms with E-state index in [1.165, 1.54) is 23.4 Å². The maximum Gasteiger partial charge on any atom is 0.211 e. The maximum atomic E-state index is 11.8. The zero-order valence-corrected chi connectivity index (χ0v) is 18.6. The number of hydrogen-bond donors (Lipinski definition) is 2. The first kappa shape index (κ1) is 20.6. The Morgan fingerprint density at radius 2 is 1.90 bits per heavy atom. The third-order valence-electron chi connectivity index (χ3n) is 7.13. The average molecular weight is 437 g/mol. The third-order valence-corrected chi connectivity index (χ3v) is 8.44. The van der Waals surface area contributed by atoms with Gasteiger partial charge in [-0.05, 0) is 39.0 Å². The lowest BCUT2D eigenvalue weighted by Crippen LogP contribution is -2.48. The lowest BCUT2D eigenvalue weighted by atomic mass is 9.79. The molecular formula is C20H32N6O3S. The first-order valence-corrected chi connectivity index (χ1v) is 12.9. The van der Waals surface area contributed by atoms with Gasteiger partial charge in [-0.15, -0.1) is 0 Å². The topological polar surface area (TPSA) is 99.7 Å². The summed E-state index contributed by atoms with van der Waals surface area (Å²) in [5.41, 5.74) is 8.05. The summed E-state index contributed by atoms with van der Waals surface area (Å²) >= 11 is 0. The Morgan fingerprint density at radius 1 is 1.13 bits per heavy atom. The molecule has 2 aliphatic carbocycles. The van der Waals surface area contributed by atoms with E-state index in [-0.39, 0.29) is 11.6 Å². The molecule has 3 heterocycles. The summed E-state index contributed by atoms with van der Waals surface area (Å²) in [5, 5.41) is 0. The van der Waals surface area contributed by atoms with Gasteiger partial charge in [-0.25, -0.2) is 23.8 Å². The highest BCUT2D eigenvalue weighted by molar-refractivity contribution is 7.88. The highest BCUT2D eigenvalue weighted by atomic mass is 32.2. The molecule has 5 rings (SSSR count). The molecule has 4 atom stereocenters. The summed E-state index contributed by atoms with van der Waals surface area (Å²) in [6.07, 6.45) is 8.85. The molecule has 0 spiro atoms. The van der Waals surface area contributed by atoms with E-state index in [4.69, 9.17) is 4.74 Å². The molecule has 2 saturated carbocycles. The van der Waals surface area contributed by atoms with Gasteiger partial charge in [0.2, 0.25) is 10.0 Å². The van der Waals surface area contributed by atoms with Crippen LogP contribution in [0.25, 0.3) is 0 Å². The fourth-order valence-electron chi connectivity index (χ4n) is 5.07. The van der Waals surface area contributed by atoms with Gasteiger partial charge < -0.3 is 9.64 Å². The predicted octanol–water partition coefficient (Wildman–Crippen LogP) is 0.814. The van der Waals surface area contributed by atoms with E-state index in [0.29, 0.717) is 44.2 Å². The van der Waals surface area contributed by atoms with Crippen molar-refractivity contribution in [1.29, 1.82) is 0 Å². The van der Waals surface area contributed by atoms with Crippen LogP contribution in [0.3, 0.4) is 0 Å². The van der Waals surface area contributed by atoms with Crippen LogP contribution in [0, 0.1) is 5.92 Å². The van der Waals surface area contributed by atoms with Crippen molar-refractivity contribution in [3.63, 3.8) is 0 Å². The Bertz CT molecular complexity index is 884. The summed E-state index contributed by atoms with van der Waals surface area (Å²) in [7, 11) is -3.14. The fraction of sp³-hybridized carbons (Fsp3) is 0.800. The predicted molar refractivity (Wildman–Crippen MR) is 113 cm³/mol. The van der Waals surface area contributed by atoms with Gasteiger partial charge in [-0.1, -0.05) is 0 Å². The summed E-state index contributed by atoms with van der Waals surface area (Å²) in [6, 6.07) is 2.64. The van der Waals surface area contributed by atoms with Gasteiger partial charge >= 0.3 is 0 Å². The number of ether oxygens (including phenoxy) is 1. The van der Waals surface area contributed by atoms with Crippen molar-refractivity contribution in [3.8, 4) is 0 Å². The van der Waals surface area contributed by atoms with Crippen molar-refractivity contribution in [2.45, 2.75) is 62.8 Å². The Kier molecular flexibility index (Phi) is 5.26. The van der Waals surface area contributed by atoms with Crippen molar-refractivity contribution in [2.75, 3.05) is 37.3 Å². The van der Waals surface area contributed by atoms with Crippen molar-refractivity contribution in [3.05, 3.63) is 18.1 Å². The van der Waals surface area contributed by atoms with Gasteiger partial charge in [0, 0.05) is 44.2 Å². The molecule has 166 valence electrons. The van der Waals surface area contributed by atoms with Gasteiger partial charge in [0.15, 0.2) is 0 Å². The molecule has 4 fully saturated rings. The lowest BCUT2D eigenvalue weighted by Gasteiger charge is -2.35. The second-order valence-electron chi connectivity index (χ2n) is 9.49. The van der Waals surface area contributed by atoms with Crippen LogP contribution >= 0.6 is 0 Å². The summed E-state index contributed by atoms with van der Waals surface area (Å²) in [6.45, 7) is 4.48. The highest BCUT2D eigenvalue weighted by Crippen LogP contribution is 2.45. The molecular weight excluding hydrogens is 404 g/mol. The van der Waals surface area contributed by atoms with E-state index < -0.39 is 10.0 Å². The SMILES string of the molecule is CC1(OC2CCC3NNC(c4cc(N5CCN(S(C)(=O)=O)CC5)ncn4)C3C2)CC1. The van der Waals surface area contributed by atoms with Gasteiger partial charge in [0.05, 0.1) is 29.7 Å². The molecule has 4 unspecified atom stereocenters. The van der Waals surface area contributed by atoms with Crippen LogP contribution in [0.1, 0.15) is 50.8 Å². The minimum Gasteiger partial charge on any atom is -0.372 e. The summed E-state index contributed by atoms with van der Waals surface area (Å²) in [5.74, 6) is 1.31. The van der Waals surface area contributed by atoms with Gasteiger partial charge in [0.25, 0.3) is 0 Å². The van der Waals surface area contributed by atoms with E-state index >= 15 is 0 Å². The Balaban J connectivity index is 1.27. The molecule has 2 N–H and O–H groups in total. The van der Waals surface area contributed by atoms with E-state index in [1.807, 2.05) is 0 Å². The second kappa shape index (κ2) is 7.67. The number of nitrogens with zero attached hydrogens (tertiary/aromatic N) is 4. The largest absolute Gasteiger partial charge is 0.372 e. The number of hydrazine groups is 1. The number of sulfonamides is 1. The molecule has 2 saturated heterocycles. The maximum absolute atomic E-state index is 11.8. The molecule has 1 aromatic rings. The minimum absolute atomic E-state index is 0.114. The first-order chi connectivity index (χ1) is 14.3. The standard InChI is InChI=1S/C20H32N6O3S/c1-20(5-6-20)29-14-3-4-16-15(11-14)19(24-23-16)17-12-18(22-13-21-17)25-7-9-26(10-8-25)30(2,27)28/h12-16,19,23-24H,3-11H2,1-2H3. The van der Waals surface area contributed by atoms with Gasteiger partial charge in [-0.2, -0.15) is 4.31 Å². The molecule has 9 nitrogen and oxygen atoms in total. The number of nitrogens with one attached hydrogen (secondary N) is 2. The van der Waals surface area contributed by atoms with Crippen LogP contribution in [0.5, 0.6) is 0 Å². The van der Waals surface area contributed by atoms with Crippen LogP contribution in [0.2, 0.25) is 0 Å². The zero-order chi connectivity index (χ0) is 20.9. The third kappa shape index (κ3) is 4.20. The Hall–Kier alpha value is -1.33. The van der Waals surface area contributed by atoms with Crippen molar-refractivity contribution < 1.29 is 13.2 Å². The molecule has 0 aromatic carbocycles. The summed E-state index contributed by atoms with van der Waals surface area (Å²) < 4.78 is 31.4. The molecule has 30 heavy (non-hydrogen) atoms. The number of hydrogen-bond acceptors (Lipinski definition) is 8. The van der Waals surface area contributed by atoms with Crippen LogP contribution < -0.4 is 15.8 Å². The van der Waals surface area contributed by atoms with E-state index in [9.17, 15) is 8.42 Å². The number of aromatic nitrogens is 2. The highest BCUT2D eigenvalue weighted by Gasteiger charge is 2.46. The Labute approximate surface area is 178 Å². The smallest absolute Gasteiger partial charge is 0.211 e. The van der Waals surface area contributed by atoms with Crippen LogP contribution in [-0.2, 0) is 14.8 Å². The normalized spacial score (nSPS) is 34.0. The average Bonchev–Trinajstić information content (AvgIpc) is 3.30. The van der Waals surface area contributed by atoms with E-state index in [2.05, 4.69) is 38.7 Å². The molecule has 4 aliphatic rings. The van der Waals surface area contributed by atoms with E-state index in [1.54, 1.807) is 6.33 Å². The van der Waals surface area contributed by atoms with Crippen LogP contribution in [0.4, 0.5) is 5.82 Å². The molecule has 2 aliphatic heterocycles. The van der Waals surface area contributed by atoms with Gasteiger partial charge in [0.1, 0.15) is 12.1 Å². The van der Waals surface area contributed by atoms with Crippen molar-refractivity contribution in [2.24, 2.45) is 5.92 Å². The monoisotopic (exact) mass is 436 g/mol. The minimum atomic E-state index is -3.14. The second-order valence-corrected chi connectivity index (χ2v) is 11.5. The van der Waals surface area contributed by atoms with Gasteiger partial charge in [-0.3, -0.25) is 5.43 Å². The number of fused-ring (bicyclic) bond motifs is 1.